The van der Waals surface area contributed by atoms with Gasteiger partial charge in [-0.2, -0.15) is 11.8 Å². The van der Waals surface area contributed by atoms with E-state index >= 15 is 0 Å². The number of hydrogen-bond donors (Lipinski definition) is 0. The van der Waals surface area contributed by atoms with Crippen molar-refractivity contribution in [2.45, 2.75) is 56.7 Å². The molecule has 0 aromatic carbocycles. The van der Waals surface area contributed by atoms with Gasteiger partial charge in [-0.05, 0) is 50.3 Å². The van der Waals surface area contributed by atoms with Crippen molar-refractivity contribution in [3.8, 4) is 0 Å². The summed E-state index contributed by atoms with van der Waals surface area (Å²) in [6.07, 6.45) is 6.00. The molecule has 114 valence electrons. The Balaban J connectivity index is 2.02. The minimum absolute atomic E-state index is 0.358. The first-order valence-electron chi connectivity index (χ1n) is 8.41. The summed E-state index contributed by atoms with van der Waals surface area (Å²) in [6.45, 7) is 3.12. The third-order valence-corrected chi connectivity index (χ3v) is 6.47. The molecule has 2 fully saturated rings. The SMILES string of the molecule is [3H]C(=O)C(=O)[C@@H]1C[C@H]2[C@H](CCC[C@H]2SCCCC)CN1C. The maximum Gasteiger partial charge on any atom is 0.212 e. The molecule has 20 heavy (non-hydrogen) atoms. The van der Waals surface area contributed by atoms with Crippen molar-refractivity contribution in [2.75, 3.05) is 19.3 Å². The third kappa shape index (κ3) is 3.64. The van der Waals surface area contributed by atoms with E-state index in [2.05, 4.69) is 18.7 Å². The first-order chi connectivity index (χ1) is 10.0. The molecule has 4 heteroatoms. The van der Waals surface area contributed by atoms with Gasteiger partial charge in [0.25, 0.3) is 0 Å². The second-order valence-corrected chi connectivity index (χ2v) is 7.62. The summed E-state index contributed by atoms with van der Waals surface area (Å²) < 4.78 is 7.11. The van der Waals surface area contributed by atoms with E-state index in [1.807, 2.05) is 11.9 Å². The molecule has 2 aliphatic rings. The Kier molecular flexibility index (Phi) is 5.54. The average Bonchev–Trinajstić information content (AvgIpc) is 2.46. The first-order valence-corrected chi connectivity index (χ1v) is 8.96. The van der Waals surface area contributed by atoms with E-state index in [1.54, 1.807) is 0 Å². The lowest BCUT2D eigenvalue weighted by Crippen LogP contribution is -2.52. The number of thioether (sulfide) groups is 1. The third-order valence-electron chi connectivity index (χ3n) is 4.93. The Morgan fingerprint density at radius 3 is 3.00 bits per heavy atom. The van der Waals surface area contributed by atoms with Crippen LogP contribution < -0.4 is 0 Å². The molecule has 0 radical (unpaired) electrons. The van der Waals surface area contributed by atoms with Crippen molar-refractivity contribution in [3.05, 3.63) is 0 Å². The van der Waals surface area contributed by atoms with E-state index < -0.39 is 12.0 Å². The highest BCUT2D eigenvalue weighted by molar-refractivity contribution is 7.99. The summed E-state index contributed by atoms with van der Waals surface area (Å²) in [6, 6.07) is -0.358. The van der Waals surface area contributed by atoms with E-state index in [9.17, 15) is 9.59 Å². The molecule has 1 aliphatic carbocycles. The summed E-state index contributed by atoms with van der Waals surface area (Å²) in [5.41, 5.74) is 0. The largest absolute Gasteiger partial charge is 0.296 e. The number of likely N-dealkylation sites (tertiary alicyclic amines) is 1. The molecule has 0 unspecified atom stereocenters. The smallest absolute Gasteiger partial charge is 0.212 e. The van der Waals surface area contributed by atoms with Crippen LogP contribution in [-0.2, 0) is 9.59 Å². The standard InChI is InChI=1S/C16H27NO2S/c1-3-4-8-20-16-7-5-6-12-10-17(2)14(9-13(12)16)15(19)11-18/h11-14,16H,3-10H2,1-2H3/t12-,13+,14+,16-/m1/s1/i11T. The second kappa shape index (κ2) is 7.60. The van der Waals surface area contributed by atoms with Crippen LogP contribution in [0.25, 0.3) is 0 Å². The predicted molar refractivity (Wildman–Crippen MR) is 84.1 cm³/mol. The van der Waals surface area contributed by atoms with Gasteiger partial charge in [0.15, 0.2) is 6.26 Å². The Morgan fingerprint density at radius 1 is 1.50 bits per heavy atom. The van der Waals surface area contributed by atoms with Gasteiger partial charge in [0, 0.05) is 11.8 Å². The van der Waals surface area contributed by atoms with Gasteiger partial charge in [0.05, 0.1) is 6.04 Å². The van der Waals surface area contributed by atoms with E-state index in [-0.39, 0.29) is 6.04 Å². The monoisotopic (exact) mass is 299 g/mol. The zero-order chi connectivity index (χ0) is 15.4. The summed E-state index contributed by atoms with van der Waals surface area (Å²) in [5, 5.41) is 0.639. The molecule has 0 bridgehead atoms. The van der Waals surface area contributed by atoms with Crippen LogP contribution in [0.2, 0.25) is 0 Å². The molecule has 1 saturated heterocycles. The molecule has 1 saturated carbocycles. The molecular formula is C16H27NO2S. The molecule has 3 nitrogen and oxygen atoms in total. The number of piperidine rings is 1. The molecule has 1 heterocycles. The molecule has 4 atom stereocenters. The Morgan fingerprint density at radius 2 is 2.30 bits per heavy atom. The van der Waals surface area contributed by atoms with Crippen LogP contribution in [0.4, 0.5) is 0 Å². The van der Waals surface area contributed by atoms with Crippen LogP contribution in [0.15, 0.2) is 0 Å². The molecule has 1 aliphatic heterocycles. The van der Waals surface area contributed by atoms with Gasteiger partial charge in [-0.15, -0.1) is 0 Å². The van der Waals surface area contributed by atoms with Crippen molar-refractivity contribution in [1.29, 1.82) is 0 Å². The highest BCUT2D eigenvalue weighted by Crippen LogP contribution is 2.43. The second-order valence-electron chi connectivity index (χ2n) is 6.28. The van der Waals surface area contributed by atoms with Gasteiger partial charge in [-0.1, -0.05) is 19.8 Å². The molecular weight excluding hydrogens is 270 g/mol. The van der Waals surface area contributed by atoms with Gasteiger partial charge in [0.2, 0.25) is 5.78 Å². The topological polar surface area (TPSA) is 37.4 Å². The number of hydrogen-bond acceptors (Lipinski definition) is 4. The molecule has 2 rings (SSSR count). The van der Waals surface area contributed by atoms with Crippen LogP contribution in [0.1, 0.15) is 46.8 Å². The van der Waals surface area contributed by atoms with Crippen molar-refractivity contribution in [1.82, 2.24) is 4.90 Å². The van der Waals surface area contributed by atoms with Crippen LogP contribution in [0.5, 0.6) is 0 Å². The van der Waals surface area contributed by atoms with Gasteiger partial charge < -0.3 is 0 Å². The fourth-order valence-electron chi connectivity index (χ4n) is 3.78. The van der Waals surface area contributed by atoms with Crippen LogP contribution in [0, 0.1) is 11.8 Å². The number of fused-ring (bicyclic) bond motifs is 1. The zero-order valence-corrected chi connectivity index (χ0v) is 13.5. The van der Waals surface area contributed by atoms with E-state index in [0.717, 1.165) is 13.0 Å². The van der Waals surface area contributed by atoms with Gasteiger partial charge in [-0.25, -0.2) is 0 Å². The lowest BCUT2D eigenvalue weighted by molar-refractivity contribution is -0.135. The maximum atomic E-state index is 12.0. The fourth-order valence-corrected chi connectivity index (χ4v) is 5.45. The molecule has 0 aromatic heterocycles. The highest BCUT2D eigenvalue weighted by Gasteiger charge is 2.42. The van der Waals surface area contributed by atoms with E-state index in [4.69, 9.17) is 1.37 Å². The summed E-state index contributed by atoms with van der Waals surface area (Å²) in [4.78, 5) is 25.1. The highest BCUT2D eigenvalue weighted by atomic mass is 32.2. The number of rotatable bonds is 6. The minimum Gasteiger partial charge on any atom is -0.296 e. The maximum absolute atomic E-state index is 12.0. The van der Waals surface area contributed by atoms with Crippen molar-refractivity contribution < 1.29 is 11.0 Å². The normalized spacial score (nSPS) is 35.2. The number of carbonyl (C=O) groups excluding carboxylic acids is 2. The van der Waals surface area contributed by atoms with Crippen molar-refractivity contribution >= 4 is 23.8 Å². The summed E-state index contributed by atoms with van der Waals surface area (Å²) in [7, 11) is 1.93. The molecule has 0 amide bonds. The van der Waals surface area contributed by atoms with Crippen LogP contribution in [0.3, 0.4) is 0 Å². The van der Waals surface area contributed by atoms with Crippen LogP contribution in [-0.4, -0.2) is 47.6 Å². The summed E-state index contributed by atoms with van der Waals surface area (Å²) >= 11 is 2.07. The fraction of sp³-hybridized carbons (Fsp3) is 0.875. The van der Waals surface area contributed by atoms with E-state index in [1.165, 1.54) is 37.9 Å². The quantitative estimate of drug-likeness (QED) is 0.429. The molecule has 0 aromatic rings. The number of carbonyl (C=O) groups is 2. The number of ketones is 1. The Labute approximate surface area is 128 Å². The number of aldehydes is 1. The lowest BCUT2D eigenvalue weighted by atomic mass is 9.72. The first kappa shape index (κ1) is 14.6. The number of unbranched alkanes of at least 4 members (excludes halogenated alkanes) is 1. The van der Waals surface area contributed by atoms with Gasteiger partial charge in [0.1, 0.15) is 1.37 Å². The number of likely N-dealkylation sites (N-methyl/N-ethyl adjacent to an activating group) is 1. The Hall–Kier alpha value is -0.350. The lowest BCUT2D eigenvalue weighted by Gasteiger charge is -2.47. The van der Waals surface area contributed by atoms with Gasteiger partial charge >= 0.3 is 0 Å². The van der Waals surface area contributed by atoms with Crippen molar-refractivity contribution in [2.24, 2.45) is 11.8 Å². The van der Waals surface area contributed by atoms with Gasteiger partial charge in [-0.3, -0.25) is 14.5 Å². The molecule has 0 N–H and O–H groups in total. The van der Waals surface area contributed by atoms with Crippen LogP contribution >= 0.6 is 11.8 Å². The van der Waals surface area contributed by atoms with E-state index in [0.29, 0.717) is 17.1 Å². The number of Topliss-reactive ketones (excluding diaryl/α,β-unsaturated/α-hetero) is 1. The predicted octanol–water partition coefficient (Wildman–Crippen LogP) is 2.78. The average molecular weight is 299 g/mol. The number of nitrogens with zero attached hydrogens (tertiary/aromatic N) is 1. The Bertz CT molecular complexity index is 390. The molecule has 0 spiro atoms. The summed E-state index contributed by atoms with van der Waals surface area (Å²) in [5.74, 6) is 1.90. The zero-order valence-electron chi connectivity index (χ0n) is 13.6. The van der Waals surface area contributed by atoms with Crippen molar-refractivity contribution in [3.63, 3.8) is 0 Å². The minimum atomic E-state index is -1.03.